The van der Waals surface area contributed by atoms with E-state index in [4.69, 9.17) is 8.83 Å². The summed E-state index contributed by atoms with van der Waals surface area (Å²) in [7, 11) is 0. The van der Waals surface area contributed by atoms with Gasteiger partial charge in [0.2, 0.25) is 0 Å². The molecule has 0 radical (unpaired) electrons. The Hall–Kier alpha value is -6.72. The van der Waals surface area contributed by atoms with Crippen LogP contribution < -0.4 is 26.2 Å². The first-order chi connectivity index (χ1) is 28.9. The monoisotopic (exact) mass is 778 g/mol. The first-order valence-electron chi connectivity index (χ1n) is 21.1. The predicted molar refractivity (Wildman–Crippen MR) is 253 cm³/mol. The maximum atomic E-state index is 6.53. The molecule has 5 heteroatoms. The van der Waals surface area contributed by atoms with E-state index in [0.29, 0.717) is 0 Å². The Morgan fingerprint density at radius 2 is 1.02 bits per heavy atom. The average Bonchev–Trinajstić information content (AvgIpc) is 3.88. The number of furan rings is 2. The first kappa shape index (κ1) is 36.4. The molecule has 0 aliphatic carbocycles. The molecule has 4 heterocycles. The second kappa shape index (κ2) is 13.1. The molecule has 60 heavy (non-hydrogen) atoms. The Labute approximate surface area is 352 Å². The zero-order chi connectivity index (χ0) is 41.1. The first-order valence-corrected chi connectivity index (χ1v) is 21.1. The number of hydrogen-bond acceptors (Lipinski definition) is 4. The largest absolute Gasteiger partial charge is 0.456 e. The van der Waals surface area contributed by atoms with Crippen molar-refractivity contribution in [1.82, 2.24) is 0 Å². The minimum atomic E-state index is -0.0314. The van der Waals surface area contributed by atoms with Gasteiger partial charge in [-0.25, -0.2) is 0 Å². The van der Waals surface area contributed by atoms with Gasteiger partial charge in [-0.2, -0.15) is 0 Å². The van der Waals surface area contributed by atoms with Crippen LogP contribution in [-0.4, -0.2) is 6.71 Å². The van der Waals surface area contributed by atoms with E-state index in [1.54, 1.807) is 0 Å². The normalized spacial score (nSPS) is 13.5. The summed E-state index contributed by atoms with van der Waals surface area (Å²) >= 11 is 0. The highest BCUT2D eigenvalue weighted by molar-refractivity contribution is 7.00. The van der Waals surface area contributed by atoms with Gasteiger partial charge in [0.25, 0.3) is 6.71 Å². The predicted octanol–water partition coefficient (Wildman–Crippen LogP) is 13.5. The SMILES string of the molecule is Cc1cc2c3c(c1)N(c1cccc(-c4cc5ccccc5o4)c1)c1cc(-c4cc5ccccc5o4)ccc1B3c1cc(C(C)(C)C)ccc1N2c1ccc(C(C)(C)C)cc1. The highest BCUT2D eigenvalue weighted by Gasteiger charge is 2.44. The van der Waals surface area contributed by atoms with Crippen LogP contribution in [0.2, 0.25) is 0 Å². The third-order valence-corrected chi connectivity index (χ3v) is 12.6. The Bertz CT molecular complexity index is 3090. The molecule has 11 rings (SSSR count). The fraction of sp³-hybridized carbons (Fsp3) is 0.164. The molecule has 0 bridgehead atoms. The molecule has 0 atom stereocenters. The van der Waals surface area contributed by atoms with Crippen molar-refractivity contribution in [3.8, 4) is 22.6 Å². The number of anilines is 6. The summed E-state index contributed by atoms with van der Waals surface area (Å²) < 4.78 is 13.0. The van der Waals surface area contributed by atoms with Crippen LogP contribution in [0.4, 0.5) is 34.1 Å². The molecule has 2 aliphatic rings. The molecule has 292 valence electrons. The van der Waals surface area contributed by atoms with Crippen LogP contribution >= 0.6 is 0 Å². The van der Waals surface area contributed by atoms with E-state index in [9.17, 15) is 0 Å². The molecule has 0 saturated carbocycles. The van der Waals surface area contributed by atoms with E-state index in [0.717, 1.165) is 61.6 Å². The molecule has 4 nitrogen and oxygen atoms in total. The Morgan fingerprint density at radius 1 is 0.433 bits per heavy atom. The van der Waals surface area contributed by atoms with Crippen molar-refractivity contribution in [2.75, 3.05) is 9.80 Å². The number of nitrogens with zero attached hydrogens (tertiary/aromatic N) is 2. The lowest BCUT2D eigenvalue weighted by Gasteiger charge is -2.45. The van der Waals surface area contributed by atoms with Gasteiger partial charge in [0.05, 0.1) is 0 Å². The summed E-state index contributed by atoms with van der Waals surface area (Å²) in [6.45, 7) is 16.0. The standard InChI is InChI=1S/C55H47BN2O2/c1-34-27-47-53-48(28-34)58(42-16-12-15-35(29-42)51-31-36-13-8-10-17-49(36)59-51)46-30-38(52-32-37-14-9-11-18-50(37)60-52)19-25-43(46)56(53)44-33-40(55(5,6)7)22-26-45(44)57(47)41-23-20-39(21-24-41)54(2,3)4/h8-33H,1-7H3. The molecule has 9 aromatic rings. The molecular weight excluding hydrogens is 731 g/mol. The Balaban J connectivity index is 1.18. The zero-order valence-corrected chi connectivity index (χ0v) is 35.3. The van der Waals surface area contributed by atoms with Gasteiger partial charge < -0.3 is 18.6 Å². The summed E-state index contributed by atoms with van der Waals surface area (Å²) in [6, 6.07) is 57.8. The van der Waals surface area contributed by atoms with Crippen molar-refractivity contribution in [3.05, 3.63) is 174 Å². The fourth-order valence-corrected chi connectivity index (χ4v) is 9.47. The summed E-state index contributed by atoms with van der Waals surface area (Å²) in [6.07, 6.45) is 0. The third-order valence-electron chi connectivity index (χ3n) is 12.6. The van der Waals surface area contributed by atoms with Crippen molar-refractivity contribution in [2.24, 2.45) is 0 Å². The highest BCUT2D eigenvalue weighted by Crippen LogP contribution is 2.47. The van der Waals surface area contributed by atoms with Crippen molar-refractivity contribution < 1.29 is 8.83 Å². The van der Waals surface area contributed by atoms with Crippen LogP contribution in [0.15, 0.2) is 167 Å². The minimum absolute atomic E-state index is 0.00692. The van der Waals surface area contributed by atoms with Crippen molar-refractivity contribution in [3.63, 3.8) is 0 Å². The van der Waals surface area contributed by atoms with E-state index in [-0.39, 0.29) is 17.5 Å². The van der Waals surface area contributed by atoms with Crippen molar-refractivity contribution >= 4 is 79.2 Å². The smallest absolute Gasteiger partial charge is 0.252 e. The maximum absolute atomic E-state index is 6.53. The lowest BCUT2D eigenvalue weighted by atomic mass is 9.33. The minimum Gasteiger partial charge on any atom is -0.456 e. The summed E-state index contributed by atoms with van der Waals surface area (Å²) in [5.41, 5.74) is 18.5. The highest BCUT2D eigenvalue weighted by atomic mass is 16.3. The molecule has 0 spiro atoms. The van der Waals surface area contributed by atoms with Gasteiger partial charge in [-0.05, 0) is 124 Å². The number of rotatable bonds is 4. The van der Waals surface area contributed by atoms with Gasteiger partial charge >= 0.3 is 0 Å². The van der Waals surface area contributed by atoms with Gasteiger partial charge in [0.1, 0.15) is 22.7 Å². The van der Waals surface area contributed by atoms with Gasteiger partial charge in [-0.1, -0.05) is 126 Å². The topological polar surface area (TPSA) is 32.8 Å². The molecule has 7 aromatic carbocycles. The molecular formula is C55H47BN2O2. The second-order valence-electron chi connectivity index (χ2n) is 18.8. The van der Waals surface area contributed by atoms with Gasteiger partial charge in [-0.3, -0.25) is 0 Å². The molecule has 0 fully saturated rings. The molecule has 2 aliphatic heterocycles. The molecule has 0 unspecified atom stereocenters. The second-order valence-corrected chi connectivity index (χ2v) is 18.8. The fourth-order valence-electron chi connectivity index (χ4n) is 9.47. The Kier molecular flexibility index (Phi) is 7.97. The van der Waals surface area contributed by atoms with Crippen LogP contribution in [0.1, 0.15) is 58.2 Å². The van der Waals surface area contributed by atoms with Gasteiger partial charge in [-0.15, -0.1) is 0 Å². The van der Waals surface area contributed by atoms with E-state index in [1.165, 1.54) is 50.1 Å². The van der Waals surface area contributed by atoms with E-state index in [1.807, 2.05) is 24.3 Å². The summed E-state index contributed by atoms with van der Waals surface area (Å²) in [5.74, 6) is 1.71. The summed E-state index contributed by atoms with van der Waals surface area (Å²) in [5, 5.41) is 2.19. The lowest BCUT2D eigenvalue weighted by Crippen LogP contribution is -2.61. The van der Waals surface area contributed by atoms with Crippen molar-refractivity contribution in [1.29, 1.82) is 0 Å². The zero-order valence-electron chi connectivity index (χ0n) is 35.3. The summed E-state index contributed by atoms with van der Waals surface area (Å²) in [4.78, 5) is 4.99. The number of fused-ring (bicyclic) bond motifs is 6. The number of benzene rings is 7. The average molecular weight is 779 g/mol. The van der Waals surface area contributed by atoms with Gasteiger partial charge in [0.15, 0.2) is 0 Å². The van der Waals surface area contributed by atoms with E-state index >= 15 is 0 Å². The van der Waals surface area contributed by atoms with Crippen LogP contribution in [-0.2, 0) is 10.8 Å². The Morgan fingerprint density at radius 3 is 1.63 bits per heavy atom. The quantitative estimate of drug-likeness (QED) is 0.167. The van der Waals surface area contributed by atoms with Crippen LogP contribution in [0.25, 0.3) is 44.6 Å². The molecule has 2 aromatic heterocycles. The van der Waals surface area contributed by atoms with Crippen LogP contribution in [0.3, 0.4) is 0 Å². The maximum Gasteiger partial charge on any atom is 0.252 e. The van der Waals surface area contributed by atoms with Crippen LogP contribution in [0.5, 0.6) is 0 Å². The van der Waals surface area contributed by atoms with Crippen molar-refractivity contribution in [2.45, 2.75) is 59.3 Å². The lowest BCUT2D eigenvalue weighted by molar-refractivity contribution is 0.590. The van der Waals surface area contributed by atoms with E-state index in [2.05, 4.69) is 192 Å². The number of para-hydroxylation sites is 2. The molecule has 0 N–H and O–H groups in total. The number of aryl methyl sites for hydroxylation is 1. The van der Waals surface area contributed by atoms with Gasteiger partial charge in [0, 0.05) is 56.0 Å². The van der Waals surface area contributed by atoms with Crippen LogP contribution in [0, 0.1) is 6.92 Å². The molecule has 0 amide bonds. The molecule has 0 saturated heterocycles. The number of hydrogen-bond donors (Lipinski definition) is 0. The third kappa shape index (κ3) is 5.82. The van der Waals surface area contributed by atoms with E-state index < -0.39 is 0 Å².